The van der Waals surface area contributed by atoms with Gasteiger partial charge in [-0.25, -0.2) is 4.39 Å². The summed E-state index contributed by atoms with van der Waals surface area (Å²) in [6.07, 6.45) is 0.926. The molecule has 0 spiro atoms. The highest BCUT2D eigenvalue weighted by Gasteiger charge is 2.35. The fraction of sp³-hybridized carbons (Fsp3) is 0.562. The molecule has 1 aliphatic heterocycles. The maximum absolute atomic E-state index is 13.7. The van der Waals surface area contributed by atoms with Gasteiger partial charge in [-0.3, -0.25) is 4.79 Å². The highest BCUT2D eigenvalue weighted by Crippen LogP contribution is 2.32. The van der Waals surface area contributed by atoms with Gasteiger partial charge in [-0.1, -0.05) is 36.5 Å². The Labute approximate surface area is 145 Å². The number of amides is 1. The number of hydrogen-bond donors (Lipinski definition) is 1. The van der Waals surface area contributed by atoms with E-state index in [9.17, 15) is 9.18 Å². The van der Waals surface area contributed by atoms with E-state index in [4.69, 9.17) is 33.7 Å². The van der Waals surface area contributed by atoms with Crippen LogP contribution in [-0.2, 0) is 9.53 Å². The van der Waals surface area contributed by atoms with Gasteiger partial charge in [0.05, 0.1) is 23.7 Å². The molecule has 2 atom stereocenters. The van der Waals surface area contributed by atoms with E-state index in [0.717, 1.165) is 6.42 Å². The molecule has 4 nitrogen and oxygen atoms in total. The standard InChI is InChI=1S/C16H21Cl2FN2O2/c1-3-4-16(2,20)15(22)21-5-6-23-14(9-21)10-7-13(19)12(18)8-11(10)17/h7-8,14H,3-6,9,20H2,1-2H3. The van der Waals surface area contributed by atoms with Crippen LogP contribution < -0.4 is 5.73 Å². The summed E-state index contributed by atoms with van der Waals surface area (Å²) in [7, 11) is 0. The van der Waals surface area contributed by atoms with Crippen LogP contribution in [0, 0.1) is 5.82 Å². The summed E-state index contributed by atoms with van der Waals surface area (Å²) in [6, 6.07) is 2.61. The average molecular weight is 363 g/mol. The summed E-state index contributed by atoms with van der Waals surface area (Å²) < 4.78 is 19.4. The Morgan fingerprint density at radius 2 is 2.17 bits per heavy atom. The number of nitrogens with two attached hydrogens (primary N) is 1. The molecular weight excluding hydrogens is 342 g/mol. The van der Waals surface area contributed by atoms with Gasteiger partial charge in [-0.15, -0.1) is 0 Å². The van der Waals surface area contributed by atoms with Gasteiger partial charge >= 0.3 is 0 Å². The summed E-state index contributed by atoms with van der Waals surface area (Å²) in [5.74, 6) is -0.689. The smallest absolute Gasteiger partial charge is 0.242 e. The maximum Gasteiger partial charge on any atom is 0.242 e. The predicted molar refractivity (Wildman–Crippen MR) is 89.2 cm³/mol. The summed E-state index contributed by atoms with van der Waals surface area (Å²) in [5, 5.41) is 0.278. The minimum atomic E-state index is -0.911. The molecule has 2 unspecified atom stereocenters. The molecule has 1 saturated heterocycles. The third-order valence-electron chi connectivity index (χ3n) is 4.00. The van der Waals surface area contributed by atoms with Crippen molar-refractivity contribution in [1.29, 1.82) is 0 Å². The number of carbonyl (C=O) groups excluding carboxylic acids is 1. The lowest BCUT2D eigenvalue weighted by Crippen LogP contribution is -2.56. The monoisotopic (exact) mass is 362 g/mol. The lowest BCUT2D eigenvalue weighted by atomic mass is 9.95. The maximum atomic E-state index is 13.7. The van der Waals surface area contributed by atoms with E-state index in [0.29, 0.717) is 30.2 Å². The average Bonchev–Trinajstić information content (AvgIpc) is 2.50. The van der Waals surface area contributed by atoms with Crippen LogP contribution in [0.25, 0.3) is 0 Å². The van der Waals surface area contributed by atoms with Crippen LogP contribution >= 0.6 is 23.2 Å². The normalized spacial score (nSPS) is 21.1. The topological polar surface area (TPSA) is 55.6 Å². The quantitative estimate of drug-likeness (QED) is 0.833. The summed E-state index contributed by atoms with van der Waals surface area (Å²) in [5.41, 5.74) is 5.70. The first-order valence-electron chi connectivity index (χ1n) is 7.60. The Balaban J connectivity index is 2.18. The van der Waals surface area contributed by atoms with Gasteiger partial charge in [0.2, 0.25) is 5.91 Å². The van der Waals surface area contributed by atoms with E-state index in [1.807, 2.05) is 6.92 Å². The first-order chi connectivity index (χ1) is 10.8. The highest BCUT2D eigenvalue weighted by atomic mass is 35.5. The van der Waals surface area contributed by atoms with Crippen LogP contribution in [-0.4, -0.2) is 36.0 Å². The van der Waals surface area contributed by atoms with Crippen molar-refractivity contribution in [3.8, 4) is 0 Å². The second-order valence-corrected chi connectivity index (χ2v) is 6.88. The van der Waals surface area contributed by atoms with E-state index >= 15 is 0 Å². The van der Waals surface area contributed by atoms with Crippen LogP contribution in [0.15, 0.2) is 12.1 Å². The third kappa shape index (κ3) is 4.15. The molecule has 1 amide bonds. The molecule has 1 heterocycles. The second-order valence-electron chi connectivity index (χ2n) is 6.07. The van der Waals surface area contributed by atoms with Crippen molar-refractivity contribution in [3.63, 3.8) is 0 Å². The lowest BCUT2D eigenvalue weighted by molar-refractivity contribution is -0.144. The van der Waals surface area contributed by atoms with Crippen molar-refractivity contribution in [1.82, 2.24) is 4.90 Å². The molecule has 1 aromatic rings. The summed E-state index contributed by atoms with van der Waals surface area (Å²) in [4.78, 5) is 14.3. The number of halogens is 3. The van der Waals surface area contributed by atoms with Crippen LogP contribution in [0.3, 0.4) is 0 Å². The number of nitrogens with zero attached hydrogens (tertiary/aromatic N) is 1. The molecule has 2 rings (SSSR count). The van der Waals surface area contributed by atoms with Crippen molar-refractivity contribution in [2.75, 3.05) is 19.7 Å². The molecule has 0 saturated carbocycles. The second kappa shape index (κ2) is 7.34. The Morgan fingerprint density at radius 3 is 2.83 bits per heavy atom. The highest BCUT2D eigenvalue weighted by molar-refractivity contribution is 6.35. The van der Waals surface area contributed by atoms with Crippen molar-refractivity contribution >= 4 is 29.1 Å². The molecule has 23 heavy (non-hydrogen) atoms. The fourth-order valence-electron chi connectivity index (χ4n) is 2.79. The lowest BCUT2D eigenvalue weighted by Gasteiger charge is -2.37. The third-order valence-corrected chi connectivity index (χ3v) is 4.62. The van der Waals surface area contributed by atoms with Crippen LogP contribution in [0.2, 0.25) is 10.0 Å². The fourth-order valence-corrected chi connectivity index (χ4v) is 3.30. The summed E-state index contributed by atoms with van der Waals surface area (Å²) in [6.45, 7) is 4.81. The van der Waals surface area contributed by atoms with Crippen molar-refractivity contribution in [2.24, 2.45) is 5.73 Å². The Kier molecular flexibility index (Phi) is 5.89. The van der Waals surface area contributed by atoms with E-state index in [1.165, 1.54) is 12.1 Å². The van der Waals surface area contributed by atoms with Crippen LogP contribution in [0.1, 0.15) is 38.4 Å². The number of rotatable bonds is 4. The SMILES string of the molecule is CCCC(C)(N)C(=O)N1CCOC(c2cc(F)c(Cl)cc2Cl)C1. The van der Waals surface area contributed by atoms with E-state index < -0.39 is 17.5 Å². The Morgan fingerprint density at radius 1 is 1.48 bits per heavy atom. The van der Waals surface area contributed by atoms with E-state index in [-0.39, 0.29) is 17.5 Å². The first kappa shape index (κ1) is 18.5. The Hall–Kier alpha value is -0.880. The molecule has 128 valence electrons. The first-order valence-corrected chi connectivity index (χ1v) is 8.36. The minimum Gasteiger partial charge on any atom is -0.370 e. The van der Waals surface area contributed by atoms with E-state index in [2.05, 4.69) is 0 Å². The van der Waals surface area contributed by atoms with E-state index in [1.54, 1.807) is 11.8 Å². The van der Waals surface area contributed by atoms with Gasteiger partial charge in [0, 0.05) is 17.1 Å². The van der Waals surface area contributed by atoms with Crippen molar-refractivity contribution in [2.45, 2.75) is 38.3 Å². The number of benzene rings is 1. The zero-order valence-corrected chi connectivity index (χ0v) is 14.8. The van der Waals surface area contributed by atoms with Crippen LogP contribution in [0.5, 0.6) is 0 Å². The largest absolute Gasteiger partial charge is 0.370 e. The number of hydrogen-bond acceptors (Lipinski definition) is 3. The number of carbonyl (C=O) groups is 1. The molecule has 1 aliphatic rings. The van der Waals surface area contributed by atoms with Gasteiger partial charge in [-0.05, 0) is 25.5 Å². The zero-order valence-electron chi connectivity index (χ0n) is 13.2. The molecule has 1 fully saturated rings. The van der Waals surface area contributed by atoms with Gasteiger partial charge in [0.25, 0.3) is 0 Å². The molecule has 7 heteroatoms. The molecule has 0 radical (unpaired) electrons. The minimum absolute atomic E-state index is 0.0417. The molecular formula is C16H21Cl2FN2O2. The van der Waals surface area contributed by atoms with Crippen LogP contribution in [0.4, 0.5) is 4.39 Å². The van der Waals surface area contributed by atoms with Gasteiger partial charge in [0.15, 0.2) is 0 Å². The molecule has 0 aromatic heterocycles. The van der Waals surface area contributed by atoms with Crippen molar-refractivity contribution in [3.05, 3.63) is 33.6 Å². The van der Waals surface area contributed by atoms with Gasteiger partial charge < -0.3 is 15.4 Å². The van der Waals surface area contributed by atoms with Gasteiger partial charge in [0.1, 0.15) is 11.9 Å². The molecule has 1 aromatic carbocycles. The number of ether oxygens (including phenoxy) is 1. The van der Waals surface area contributed by atoms with Gasteiger partial charge in [-0.2, -0.15) is 0 Å². The molecule has 2 N–H and O–H groups in total. The Bertz CT molecular complexity index is 596. The molecule has 0 bridgehead atoms. The molecule has 0 aliphatic carbocycles. The van der Waals surface area contributed by atoms with Crippen molar-refractivity contribution < 1.29 is 13.9 Å². The zero-order chi connectivity index (χ0) is 17.2. The number of morpholine rings is 1. The predicted octanol–water partition coefficient (Wildman–Crippen LogP) is 3.55. The summed E-state index contributed by atoms with van der Waals surface area (Å²) >= 11 is 11.9.